The van der Waals surface area contributed by atoms with Crippen molar-refractivity contribution in [1.29, 1.82) is 0 Å². The van der Waals surface area contributed by atoms with Gasteiger partial charge in [-0.25, -0.2) is 13.2 Å². The van der Waals surface area contributed by atoms with Crippen LogP contribution in [0.4, 0.5) is 27.6 Å². The SMILES string of the molecule is O=C1CCC(F)(F)C(c2cc([N+](=O)[O-])ccc2F)N1C(F)F. The molecule has 0 saturated carbocycles. The summed E-state index contributed by atoms with van der Waals surface area (Å²) >= 11 is 0. The van der Waals surface area contributed by atoms with Crippen LogP contribution in [0.2, 0.25) is 0 Å². The zero-order valence-corrected chi connectivity index (χ0v) is 10.8. The van der Waals surface area contributed by atoms with E-state index in [4.69, 9.17) is 0 Å². The van der Waals surface area contributed by atoms with Crippen LogP contribution in [-0.2, 0) is 4.79 Å². The Labute approximate surface area is 120 Å². The Morgan fingerprint density at radius 1 is 1.36 bits per heavy atom. The number of non-ortho nitro benzene ring substituents is 1. The van der Waals surface area contributed by atoms with E-state index < -0.39 is 64.2 Å². The highest BCUT2D eigenvalue weighted by Crippen LogP contribution is 2.46. The highest BCUT2D eigenvalue weighted by molar-refractivity contribution is 5.78. The van der Waals surface area contributed by atoms with E-state index in [9.17, 15) is 36.9 Å². The van der Waals surface area contributed by atoms with Crippen molar-refractivity contribution in [1.82, 2.24) is 4.90 Å². The maximum Gasteiger partial charge on any atom is 0.318 e. The summed E-state index contributed by atoms with van der Waals surface area (Å²) in [5.74, 6) is -6.42. The standard InChI is InChI=1S/C12H9F5N2O3/c13-8-2-1-6(19(21)22)5-7(8)10-12(16,17)4-3-9(20)18(10)11(14)15/h1-2,5,10-11H,3-4H2. The second-order valence-corrected chi connectivity index (χ2v) is 4.71. The van der Waals surface area contributed by atoms with E-state index in [0.717, 1.165) is 0 Å². The molecule has 0 radical (unpaired) electrons. The van der Waals surface area contributed by atoms with E-state index in [2.05, 4.69) is 0 Å². The molecule has 22 heavy (non-hydrogen) atoms. The summed E-state index contributed by atoms with van der Waals surface area (Å²) in [4.78, 5) is 20.8. The Morgan fingerprint density at radius 3 is 2.55 bits per heavy atom. The first-order valence-corrected chi connectivity index (χ1v) is 6.06. The highest BCUT2D eigenvalue weighted by atomic mass is 19.3. The van der Waals surface area contributed by atoms with E-state index in [0.29, 0.717) is 18.2 Å². The molecule has 1 unspecified atom stereocenters. The van der Waals surface area contributed by atoms with Crippen LogP contribution in [0.5, 0.6) is 0 Å². The van der Waals surface area contributed by atoms with Gasteiger partial charge in [0, 0.05) is 30.5 Å². The molecule has 5 nitrogen and oxygen atoms in total. The van der Waals surface area contributed by atoms with Crippen molar-refractivity contribution in [2.24, 2.45) is 0 Å². The smallest absolute Gasteiger partial charge is 0.275 e. The van der Waals surface area contributed by atoms with Gasteiger partial charge < -0.3 is 0 Å². The summed E-state index contributed by atoms with van der Waals surface area (Å²) in [6.45, 7) is -3.58. The van der Waals surface area contributed by atoms with Crippen molar-refractivity contribution >= 4 is 11.6 Å². The number of alkyl halides is 4. The molecule has 10 heteroatoms. The number of nitrogens with zero attached hydrogens (tertiary/aromatic N) is 2. The lowest BCUT2D eigenvalue weighted by Crippen LogP contribution is -2.51. The number of halogens is 5. The van der Waals surface area contributed by atoms with Crippen LogP contribution in [0, 0.1) is 15.9 Å². The van der Waals surface area contributed by atoms with E-state index in [-0.39, 0.29) is 0 Å². The number of piperidine rings is 1. The summed E-state index contributed by atoms with van der Waals surface area (Å²) < 4.78 is 67.7. The summed E-state index contributed by atoms with van der Waals surface area (Å²) in [6, 6.07) is -0.892. The Bertz CT molecular complexity index is 623. The number of carbonyl (C=O) groups is 1. The van der Waals surface area contributed by atoms with Gasteiger partial charge in [-0.15, -0.1) is 0 Å². The van der Waals surface area contributed by atoms with Crippen LogP contribution in [-0.4, -0.2) is 28.2 Å². The van der Waals surface area contributed by atoms with E-state index in [1.807, 2.05) is 0 Å². The van der Waals surface area contributed by atoms with Gasteiger partial charge in [0.05, 0.1) is 4.92 Å². The summed E-state index contributed by atoms with van der Waals surface area (Å²) in [6.07, 6.45) is -1.85. The number of benzene rings is 1. The lowest BCUT2D eigenvalue weighted by Gasteiger charge is -2.40. The first kappa shape index (κ1) is 16.1. The molecule has 0 spiro atoms. The van der Waals surface area contributed by atoms with Crippen LogP contribution >= 0.6 is 0 Å². The molecule has 0 aromatic heterocycles. The van der Waals surface area contributed by atoms with Crippen molar-refractivity contribution in [3.8, 4) is 0 Å². The molecule has 1 aromatic rings. The molecule has 0 aliphatic carbocycles. The minimum Gasteiger partial charge on any atom is -0.275 e. The summed E-state index contributed by atoms with van der Waals surface area (Å²) in [5.41, 5.74) is -1.74. The molecule has 1 saturated heterocycles. The first-order chi connectivity index (χ1) is 10.1. The fourth-order valence-electron chi connectivity index (χ4n) is 2.34. The van der Waals surface area contributed by atoms with Gasteiger partial charge in [0.1, 0.15) is 11.9 Å². The van der Waals surface area contributed by atoms with Crippen LogP contribution in [0.15, 0.2) is 18.2 Å². The van der Waals surface area contributed by atoms with Crippen molar-refractivity contribution in [2.45, 2.75) is 31.4 Å². The lowest BCUT2D eigenvalue weighted by atomic mass is 9.91. The molecule has 1 amide bonds. The van der Waals surface area contributed by atoms with Crippen molar-refractivity contribution in [3.05, 3.63) is 39.7 Å². The Kier molecular flexibility index (Phi) is 4.03. The third kappa shape index (κ3) is 2.72. The van der Waals surface area contributed by atoms with Gasteiger partial charge in [-0.3, -0.25) is 19.8 Å². The van der Waals surface area contributed by atoms with Gasteiger partial charge in [0.25, 0.3) is 11.6 Å². The predicted molar refractivity (Wildman–Crippen MR) is 62.8 cm³/mol. The number of hydrogen-bond donors (Lipinski definition) is 0. The zero-order valence-electron chi connectivity index (χ0n) is 10.8. The predicted octanol–water partition coefficient (Wildman–Crippen LogP) is 3.26. The Morgan fingerprint density at radius 2 is 2.00 bits per heavy atom. The number of nitro benzene ring substituents is 1. The van der Waals surface area contributed by atoms with Crippen molar-refractivity contribution in [3.63, 3.8) is 0 Å². The number of rotatable bonds is 3. The molecular weight excluding hydrogens is 315 g/mol. The number of nitro groups is 1. The average Bonchev–Trinajstić information content (AvgIpc) is 2.41. The lowest BCUT2D eigenvalue weighted by molar-refractivity contribution is -0.385. The van der Waals surface area contributed by atoms with Gasteiger partial charge in [-0.1, -0.05) is 0 Å². The van der Waals surface area contributed by atoms with E-state index in [1.54, 1.807) is 0 Å². The molecule has 1 heterocycles. The number of amides is 1. The van der Waals surface area contributed by atoms with Gasteiger partial charge in [-0.2, -0.15) is 8.78 Å². The maximum absolute atomic E-state index is 14.0. The molecule has 0 N–H and O–H groups in total. The third-order valence-electron chi connectivity index (χ3n) is 3.33. The topological polar surface area (TPSA) is 63.4 Å². The van der Waals surface area contributed by atoms with E-state index >= 15 is 0 Å². The van der Waals surface area contributed by atoms with Crippen LogP contribution in [0.25, 0.3) is 0 Å². The van der Waals surface area contributed by atoms with Crippen LogP contribution < -0.4 is 0 Å². The van der Waals surface area contributed by atoms with Gasteiger partial charge in [0.15, 0.2) is 0 Å². The number of carbonyl (C=O) groups excluding carboxylic acids is 1. The zero-order chi connectivity index (χ0) is 16.7. The molecule has 0 bridgehead atoms. The molecule has 1 fully saturated rings. The molecule has 1 aliphatic rings. The van der Waals surface area contributed by atoms with Crippen LogP contribution in [0.1, 0.15) is 24.4 Å². The normalized spacial score (nSPS) is 21.3. The number of hydrogen-bond acceptors (Lipinski definition) is 3. The Balaban J connectivity index is 2.61. The monoisotopic (exact) mass is 324 g/mol. The number of likely N-dealkylation sites (tertiary alicyclic amines) is 1. The quantitative estimate of drug-likeness (QED) is 0.371. The molecule has 1 aliphatic heterocycles. The maximum atomic E-state index is 14.0. The first-order valence-electron chi connectivity index (χ1n) is 6.06. The van der Waals surface area contributed by atoms with Crippen molar-refractivity contribution < 1.29 is 31.7 Å². The second kappa shape index (κ2) is 5.50. The molecule has 2 rings (SSSR count). The highest BCUT2D eigenvalue weighted by Gasteiger charge is 2.53. The molecule has 1 atom stereocenters. The van der Waals surface area contributed by atoms with Gasteiger partial charge >= 0.3 is 6.55 Å². The van der Waals surface area contributed by atoms with Crippen molar-refractivity contribution in [2.75, 3.05) is 0 Å². The molecule has 1 aromatic carbocycles. The second-order valence-electron chi connectivity index (χ2n) is 4.71. The Hall–Kier alpha value is -2.26. The van der Waals surface area contributed by atoms with Gasteiger partial charge in [-0.05, 0) is 6.07 Å². The summed E-state index contributed by atoms with van der Waals surface area (Å²) in [7, 11) is 0. The fourth-order valence-corrected chi connectivity index (χ4v) is 2.34. The molecule has 120 valence electrons. The minimum atomic E-state index is -3.83. The third-order valence-corrected chi connectivity index (χ3v) is 3.33. The van der Waals surface area contributed by atoms with E-state index in [1.165, 1.54) is 0 Å². The average molecular weight is 324 g/mol. The van der Waals surface area contributed by atoms with Gasteiger partial charge in [0.2, 0.25) is 5.91 Å². The fraction of sp³-hybridized carbons (Fsp3) is 0.417. The molecular formula is C12H9F5N2O3. The van der Waals surface area contributed by atoms with Crippen LogP contribution in [0.3, 0.4) is 0 Å². The minimum absolute atomic E-state index is 0.425. The summed E-state index contributed by atoms with van der Waals surface area (Å²) in [5, 5.41) is 10.7. The largest absolute Gasteiger partial charge is 0.318 e.